The molecule has 3 aromatic rings. The molecule has 8 heteroatoms. The average Bonchev–Trinajstić information content (AvgIpc) is 3.08. The highest BCUT2D eigenvalue weighted by molar-refractivity contribution is 6.31. The molecule has 1 saturated heterocycles. The molecule has 1 N–H and O–H groups in total. The maximum Gasteiger partial charge on any atom is 0.257 e. The van der Waals surface area contributed by atoms with E-state index < -0.39 is 0 Å². The first-order valence-corrected chi connectivity index (χ1v) is 9.27. The molecule has 148 valence electrons. The third kappa shape index (κ3) is 3.68. The molecule has 1 aromatic carbocycles. The van der Waals surface area contributed by atoms with Crippen LogP contribution < -0.4 is 5.32 Å². The number of pyridine rings is 1. The van der Waals surface area contributed by atoms with E-state index in [-0.39, 0.29) is 18.3 Å². The lowest BCUT2D eigenvalue weighted by molar-refractivity contribution is 0.0303. The van der Waals surface area contributed by atoms with Gasteiger partial charge >= 0.3 is 0 Å². The van der Waals surface area contributed by atoms with Crippen molar-refractivity contribution < 1.29 is 9.53 Å². The lowest BCUT2D eigenvalue weighted by Crippen LogP contribution is -2.40. The number of aromatic nitrogens is 2. The van der Waals surface area contributed by atoms with Crippen molar-refractivity contribution in [1.29, 1.82) is 0 Å². The Balaban J connectivity index is 0.00000225. The van der Waals surface area contributed by atoms with Gasteiger partial charge in [0.05, 0.1) is 24.3 Å². The van der Waals surface area contributed by atoms with Gasteiger partial charge in [0.15, 0.2) is 0 Å². The fraction of sp³-hybridized carbons (Fsp3) is 0.300. The van der Waals surface area contributed by atoms with E-state index in [0.29, 0.717) is 42.7 Å². The average molecular weight is 421 g/mol. The number of amides is 1. The number of carbonyl (C=O) groups is 1. The van der Waals surface area contributed by atoms with E-state index in [1.54, 1.807) is 6.20 Å². The van der Waals surface area contributed by atoms with Crippen LogP contribution in [0, 0.1) is 6.92 Å². The Labute approximate surface area is 174 Å². The van der Waals surface area contributed by atoms with Crippen molar-refractivity contribution in [3.8, 4) is 0 Å². The molecular weight excluding hydrogens is 399 g/mol. The predicted molar refractivity (Wildman–Crippen MR) is 114 cm³/mol. The molecule has 1 amide bonds. The fourth-order valence-electron chi connectivity index (χ4n) is 3.38. The van der Waals surface area contributed by atoms with Crippen LogP contribution >= 0.6 is 24.0 Å². The number of aryl methyl sites for hydroxylation is 1. The Morgan fingerprint density at radius 3 is 2.75 bits per heavy atom. The van der Waals surface area contributed by atoms with Crippen LogP contribution in [0.4, 0.5) is 11.5 Å². The number of ether oxygens (including phenoxy) is 1. The van der Waals surface area contributed by atoms with Crippen molar-refractivity contribution in [3.05, 3.63) is 52.8 Å². The molecule has 0 atom stereocenters. The van der Waals surface area contributed by atoms with E-state index >= 15 is 0 Å². The second kappa shape index (κ2) is 8.39. The standard InChI is InChI=1S/C20H21ClN4O2.ClH/c1-13-16(21)4-3-5-17(13)23-19-14-6-7-24(2)18(14)15(12-22-19)20(26)25-8-10-27-11-9-25;/h3-7,12H,8-11H2,1-2H3,(H,22,23);1H. The highest BCUT2D eigenvalue weighted by Crippen LogP contribution is 2.31. The summed E-state index contributed by atoms with van der Waals surface area (Å²) in [6, 6.07) is 7.69. The molecule has 0 saturated carbocycles. The zero-order chi connectivity index (χ0) is 19.0. The van der Waals surface area contributed by atoms with E-state index in [0.717, 1.165) is 22.2 Å². The van der Waals surface area contributed by atoms with Gasteiger partial charge in [0.25, 0.3) is 5.91 Å². The number of nitrogens with one attached hydrogen (secondary N) is 1. The molecule has 2 aromatic heterocycles. The number of fused-ring (bicyclic) bond motifs is 1. The second-order valence-corrected chi connectivity index (χ2v) is 7.06. The Hall–Kier alpha value is -2.28. The third-order valence-electron chi connectivity index (χ3n) is 4.96. The highest BCUT2D eigenvalue weighted by Gasteiger charge is 2.23. The molecule has 0 spiro atoms. The van der Waals surface area contributed by atoms with Crippen molar-refractivity contribution in [2.45, 2.75) is 6.92 Å². The van der Waals surface area contributed by atoms with Crippen molar-refractivity contribution in [2.24, 2.45) is 7.05 Å². The molecule has 1 fully saturated rings. The molecule has 4 rings (SSSR count). The van der Waals surface area contributed by atoms with Crippen LogP contribution in [-0.2, 0) is 11.8 Å². The quantitative estimate of drug-likeness (QED) is 0.690. The number of hydrogen-bond donors (Lipinski definition) is 1. The molecule has 0 radical (unpaired) electrons. The van der Waals surface area contributed by atoms with Gasteiger partial charge in [-0.3, -0.25) is 4.79 Å². The number of carbonyl (C=O) groups excluding carboxylic acids is 1. The Kier molecular flexibility index (Phi) is 6.13. The minimum absolute atomic E-state index is 0. The van der Waals surface area contributed by atoms with Crippen LogP contribution in [0.5, 0.6) is 0 Å². The lowest BCUT2D eigenvalue weighted by atomic mass is 10.1. The van der Waals surface area contributed by atoms with Crippen LogP contribution in [-0.4, -0.2) is 46.7 Å². The molecule has 0 bridgehead atoms. The molecular formula is C20H22Cl2N4O2. The number of benzene rings is 1. The predicted octanol–water partition coefficient (Wildman–Crippen LogP) is 4.17. The maximum absolute atomic E-state index is 13.0. The van der Waals surface area contributed by atoms with Crippen molar-refractivity contribution >= 4 is 52.3 Å². The topological polar surface area (TPSA) is 59.4 Å². The minimum atomic E-state index is -0.0110. The van der Waals surface area contributed by atoms with Gasteiger partial charge in [0.1, 0.15) is 5.82 Å². The Morgan fingerprint density at radius 1 is 1.25 bits per heavy atom. The zero-order valence-electron chi connectivity index (χ0n) is 15.7. The number of morpholine rings is 1. The lowest BCUT2D eigenvalue weighted by Gasteiger charge is -2.27. The van der Waals surface area contributed by atoms with Crippen LogP contribution in [0.1, 0.15) is 15.9 Å². The summed E-state index contributed by atoms with van der Waals surface area (Å²) in [5.74, 6) is 0.692. The molecule has 1 aliphatic rings. The van der Waals surface area contributed by atoms with Gasteiger partial charge in [-0.25, -0.2) is 4.98 Å². The summed E-state index contributed by atoms with van der Waals surface area (Å²) in [4.78, 5) is 19.4. The normalized spacial score (nSPS) is 14.0. The van der Waals surface area contributed by atoms with E-state index in [1.807, 2.05) is 53.9 Å². The van der Waals surface area contributed by atoms with Crippen molar-refractivity contribution in [3.63, 3.8) is 0 Å². The Morgan fingerprint density at radius 2 is 2.00 bits per heavy atom. The van der Waals surface area contributed by atoms with E-state index in [1.165, 1.54) is 0 Å². The Bertz CT molecular complexity index is 1010. The zero-order valence-corrected chi connectivity index (χ0v) is 17.3. The van der Waals surface area contributed by atoms with E-state index in [4.69, 9.17) is 16.3 Å². The SMILES string of the molecule is Cc1c(Cl)cccc1Nc1ncc(C(=O)N2CCOCC2)c2c1ccn2C.Cl. The third-order valence-corrected chi connectivity index (χ3v) is 5.36. The summed E-state index contributed by atoms with van der Waals surface area (Å²) >= 11 is 6.23. The van der Waals surface area contributed by atoms with E-state index in [9.17, 15) is 4.79 Å². The van der Waals surface area contributed by atoms with Gasteiger partial charge in [0.2, 0.25) is 0 Å². The van der Waals surface area contributed by atoms with Crippen LogP contribution in [0.25, 0.3) is 10.9 Å². The summed E-state index contributed by atoms with van der Waals surface area (Å²) in [5, 5.41) is 4.96. The number of anilines is 2. The first kappa shape index (κ1) is 20.5. The van der Waals surface area contributed by atoms with Gasteiger partial charge in [-0.1, -0.05) is 17.7 Å². The van der Waals surface area contributed by atoms with Gasteiger partial charge in [-0.05, 0) is 30.7 Å². The fourth-order valence-corrected chi connectivity index (χ4v) is 3.55. The van der Waals surface area contributed by atoms with Gasteiger partial charge in [-0.15, -0.1) is 12.4 Å². The van der Waals surface area contributed by atoms with Gasteiger partial charge < -0.3 is 19.5 Å². The van der Waals surface area contributed by atoms with Crippen molar-refractivity contribution in [1.82, 2.24) is 14.5 Å². The van der Waals surface area contributed by atoms with Crippen molar-refractivity contribution in [2.75, 3.05) is 31.6 Å². The summed E-state index contributed by atoms with van der Waals surface area (Å²) < 4.78 is 7.31. The summed E-state index contributed by atoms with van der Waals surface area (Å²) in [5.41, 5.74) is 3.32. The summed E-state index contributed by atoms with van der Waals surface area (Å²) in [7, 11) is 1.94. The second-order valence-electron chi connectivity index (χ2n) is 6.65. The molecule has 0 unspecified atom stereocenters. The molecule has 3 heterocycles. The molecule has 6 nitrogen and oxygen atoms in total. The molecule has 1 aliphatic heterocycles. The van der Waals surface area contributed by atoms with Crippen LogP contribution in [0.15, 0.2) is 36.7 Å². The summed E-state index contributed by atoms with van der Waals surface area (Å²) in [6.07, 6.45) is 3.60. The van der Waals surface area contributed by atoms with Crippen LogP contribution in [0.2, 0.25) is 5.02 Å². The maximum atomic E-state index is 13.0. The minimum Gasteiger partial charge on any atom is -0.378 e. The first-order valence-electron chi connectivity index (χ1n) is 8.89. The van der Waals surface area contributed by atoms with Gasteiger partial charge in [0, 0.05) is 48.6 Å². The van der Waals surface area contributed by atoms with Crippen LogP contribution in [0.3, 0.4) is 0 Å². The van der Waals surface area contributed by atoms with Gasteiger partial charge in [-0.2, -0.15) is 0 Å². The number of nitrogens with zero attached hydrogens (tertiary/aromatic N) is 3. The molecule has 0 aliphatic carbocycles. The molecule has 28 heavy (non-hydrogen) atoms. The summed E-state index contributed by atoms with van der Waals surface area (Å²) in [6.45, 7) is 4.31. The largest absolute Gasteiger partial charge is 0.378 e. The highest BCUT2D eigenvalue weighted by atomic mass is 35.5. The number of halogens is 2. The first-order chi connectivity index (χ1) is 13.1. The number of rotatable bonds is 3. The van der Waals surface area contributed by atoms with E-state index in [2.05, 4.69) is 10.3 Å². The smallest absolute Gasteiger partial charge is 0.257 e. The number of hydrogen-bond acceptors (Lipinski definition) is 4. The monoisotopic (exact) mass is 420 g/mol.